The zero-order valence-electron chi connectivity index (χ0n) is 34.3. The first-order valence-electron chi connectivity index (χ1n) is 19.6. The van der Waals surface area contributed by atoms with E-state index in [1.54, 1.807) is 12.1 Å². The summed E-state index contributed by atoms with van der Waals surface area (Å²) >= 11 is 0. The predicted molar refractivity (Wildman–Crippen MR) is 219 cm³/mol. The first-order valence-corrected chi connectivity index (χ1v) is 29.3. The fourth-order valence-electron chi connectivity index (χ4n) is 7.40. The topological polar surface area (TPSA) is 139 Å². The number of fused-ring (bicyclic) bond motifs is 2. The Morgan fingerprint density at radius 2 is 0.745 bits per heavy atom. The number of nitrogens with zero attached hydrogens (tertiary/aromatic N) is 2. The Morgan fingerprint density at radius 1 is 0.455 bits per heavy atom. The number of hydrogen-bond acceptors (Lipinski definition) is 11. The summed E-state index contributed by atoms with van der Waals surface area (Å²) in [6.07, 6.45) is 0.997. The van der Waals surface area contributed by atoms with Gasteiger partial charge in [0, 0.05) is 64.8 Å². The SMILES string of the molecule is CCO[Si](CCCN1C(=O)c2ccc([Si](C)(C)O[Si](C)(C)c3ccc4c(c3)C(=O)N(CCC[Si](OCC)(OCC)OCC)C4=O)cc2C1=O)(OCC)OCC. The first kappa shape index (κ1) is 45.0. The molecule has 0 saturated carbocycles. The average Bonchev–Trinajstić information content (AvgIpc) is 3.51. The molecule has 0 spiro atoms. The molecule has 55 heavy (non-hydrogen) atoms. The van der Waals surface area contributed by atoms with Crippen molar-refractivity contribution in [1.29, 1.82) is 0 Å². The summed E-state index contributed by atoms with van der Waals surface area (Å²) in [5.41, 5.74) is 1.51. The van der Waals surface area contributed by atoms with Gasteiger partial charge in [-0.25, -0.2) is 0 Å². The summed E-state index contributed by atoms with van der Waals surface area (Å²) in [7, 11) is -11.2. The maximum Gasteiger partial charge on any atom is 0.500 e. The summed E-state index contributed by atoms with van der Waals surface area (Å²) in [6, 6.07) is 11.9. The molecule has 0 radical (unpaired) electrons. The molecule has 0 bridgehead atoms. The van der Waals surface area contributed by atoms with Crippen LogP contribution < -0.4 is 10.4 Å². The summed E-state index contributed by atoms with van der Waals surface area (Å²) in [6.45, 7) is 22.8. The minimum Gasteiger partial charge on any atom is -0.449 e. The fourth-order valence-corrected chi connectivity index (χ4v) is 20.6. The van der Waals surface area contributed by atoms with Crippen LogP contribution in [0.1, 0.15) is 95.8 Å². The molecule has 2 aromatic rings. The van der Waals surface area contributed by atoms with Gasteiger partial charge in [-0.05, 0) is 115 Å². The summed E-state index contributed by atoms with van der Waals surface area (Å²) in [5.74, 6) is -1.28. The van der Waals surface area contributed by atoms with Gasteiger partial charge in [0.05, 0.1) is 22.3 Å². The van der Waals surface area contributed by atoms with Gasteiger partial charge < -0.3 is 30.7 Å². The average molecular weight is 833 g/mol. The van der Waals surface area contributed by atoms with E-state index in [-0.39, 0.29) is 36.7 Å². The van der Waals surface area contributed by atoms with E-state index in [1.807, 2.05) is 65.8 Å². The van der Waals surface area contributed by atoms with Crippen molar-refractivity contribution in [3.05, 3.63) is 58.7 Å². The molecule has 17 heteroatoms. The van der Waals surface area contributed by atoms with Crippen molar-refractivity contribution in [2.75, 3.05) is 52.7 Å². The van der Waals surface area contributed by atoms with Crippen molar-refractivity contribution in [2.24, 2.45) is 0 Å². The maximum atomic E-state index is 13.6. The van der Waals surface area contributed by atoms with Crippen LogP contribution in [0.15, 0.2) is 36.4 Å². The van der Waals surface area contributed by atoms with Crippen LogP contribution in [0.4, 0.5) is 0 Å². The van der Waals surface area contributed by atoms with E-state index in [9.17, 15) is 19.2 Å². The van der Waals surface area contributed by atoms with Gasteiger partial charge in [0.15, 0.2) is 0 Å². The Balaban J connectivity index is 1.45. The van der Waals surface area contributed by atoms with Crippen molar-refractivity contribution >= 4 is 68.2 Å². The van der Waals surface area contributed by atoms with Gasteiger partial charge >= 0.3 is 17.6 Å². The summed E-state index contributed by atoms with van der Waals surface area (Å²) in [5, 5.41) is 1.77. The Morgan fingerprint density at radius 3 is 1.04 bits per heavy atom. The molecule has 2 aliphatic heterocycles. The molecule has 0 atom stereocenters. The number of amides is 4. The number of rotatable bonds is 24. The smallest absolute Gasteiger partial charge is 0.449 e. The highest BCUT2D eigenvalue weighted by molar-refractivity contribution is 6.97. The lowest BCUT2D eigenvalue weighted by molar-refractivity contribution is 0.0608. The standard InChI is InChI=1S/C38H60N2O11Si4/c1-11-45-54(46-12-2,47-13-3)25-17-23-39-35(41)31-21-19-29(27-33(31)37(39)43)52(7,8)51-53(9,10)30-20-22-32-34(28-30)38(44)40(36(32)42)24-18-26-55(48-14-4,49-15-5)50-16-6/h19-22,27-28H,11-18,23-26H2,1-10H3. The van der Waals surface area contributed by atoms with Crippen molar-refractivity contribution in [2.45, 2.75) is 92.7 Å². The molecule has 0 aromatic heterocycles. The van der Waals surface area contributed by atoms with Crippen molar-refractivity contribution in [3.8, 4) is 0 Å². The lowest BCUT2D eigenvalue weighted by atomic mass is 10.1. The zero-order chi connectivity index (χ0) is 40.6. The minimum absolute atomic E-state index is 0.230. The lowest BCUT2D eigenvalue weighted by Crippen LogP contribution is -2.57. The highest BCUT2D eigenvalue weighted by atomic mass is 28.4. The van der Waals surface area contributed by atoms with Crippen LogP contribution >= 0.6 is 0 Å². The van der Waals surface area contributed by atoms with Crippen LogP contribution in [0.25, 0.3) is 0 Å². The van der Waals surface area contributed by atoms with E-state index in [2.05, 4.69) is 26.2 Å². The molecule has 0 N–H and O–H groups in total. The molecule has 4 rings (SSSR count). The Labute approximate surface area is 330 Å². The molecule has 0 fully saturated rings. The van der Waals surface area contributed by atoms with E-state index in [1.165, 1.54) is 9.80 Å². The van der Waals surface area contributed by atoms with Gasteiger partial charge in [0.25, 0.3) is 23.6 Å². The second kappa shape index (κ2) is 19.2. The van der Waals surface area contributed by atoms with Crippen LogP contribution in [0.3, 0.4) is 0 Å². The molecular formula is C38H60N2O11Si4. The van der Waals surface area contributed by atoms with Gasteiger partial charge in [0.1, 0.15) is 0 Å². The fraction of sp³-hybridized carbons (Fsp3) is 0.579. The molecule has 13 nitrogen and oxygen atoms in total. The molecule has 4 amide bonds. The minimum atomic E-state index is -2.92. The van der Waals surface area contributed by atoms with E-state index < -0.39 is 34.2 Å². The third-order valence-electron chi connectivity index (χ3n) is 9.76. The number of carbonyl (C=O) groups is 4. The molecule has 0 aliphatic carbocycles. The van der Waals surface area contributed by atoms with Crippen molar-refractivity contribution < 1.29 is 49.8 Å². The monoisotopic (exact) mass is 832 g/mol. The number of hydrogen-bond donors (Lipinski definition) is 0. The third kappa shape index (κ3) is 10.1. The molecular weight excluding hydrogens is 773 g/mol. The van der Waals surface area contributed by atoms with Gasteiger partial charge in [-0.1, -0.05) is 12.1 Å². The highest BCUT2D eigenvalue weighted by Gasteiger charge is 2.45. The zero-order valence-corrected chi connectivity index (χ0v) is 38.3. The van der Waals surface area contributed by atoms with Gasteiger partial charge in [0.2, 0.25) is 16.6 Å². The molecule has 304 valence electrons. The van der Waals surface area contributed by atoms with Crippen molar-refractivity contribution in [1.82, 2.24) is 9.80 Å². The second-order valence-corrected chi connectivity index (χ2v) is 27.8. The van der Waals surface area contributed by atoms with Gasteiger partial charge in [-0.15, -0.1) is 0 Å². The molecule has 0 saturated heterocycles. The summed E-state index contributed by atoms with van der Waals surface area (Å²) in [4.78, 5) is 56.7. The van der Waals surface area contributed by atoms with Crippen LogP contribution in [-0.4, -0.2) is 120 Å². The van der Waals surface area contributed by atoms with Gasteiger partial charge in [-0.2, -0.15) is 0 Å². The molecule has 2 heterocycles. The van der Waals surface area contributed by atoms with Crippen LogP contribution in [0, 0.1) is 0 Å². The van der Waals surface area contributed by atoms with Crippen molar-refractivity contribution in [3.63, 3.8) is 0 Å². The first-order chi connectivity index (χ1) is 26.1. The largest absolute Gasteiger partial charge is 0.500 e. The highest BCUT2D eigenvalue weighted by Crippen LogP contribution is 2.28. The van der Waals surface area contributed by atoms with Gasteiger partial charge in [-0.3, -0.25) is 29.0 Å². The Bertz CT molecular complexity index is 1550. The van der Waals surface area contributed by atoms with E-state index in [0.29, 0.717) is 86.8 Å². The van der Waals surface area contributed by atoms with E-state index >= 15 is 0 Å². The number of benzene rings is 2. The third-order valence-corrected chi connectivity index (χ3v) is 23.5. The maximum absolute atomic E-state index is 13.6. The Hall–Kier alpha value is -2.69. The number of imide groups is 2. The van der Waals surface area contributed by atoms with E-state index in [0.717, 1.165) is 10.4 Å². The quantitative estimate of drug-likeness (QED) is 0.101. The molecule has 0 unspecified atom stereocenters. The predicted octanol–water partition coefficient (Wildman–Crippen LogP) is 5.30. The molecule has 2 aliphatic rings. The van der Waals surface area contributed by atoms with E-state index in [4.69, 9.17) is 30.7 Å². The van der Waals surface area contributed by atoms with Crippen LogP contribution in [0.5, 0.6) is 0 Å². The normalized spacial score (nSPS) is 15.1. The molecule has 2 aromatic carbocycles. The second-order valence-electron chi connectivity index (χ2n) is 14.3. The lowest BCUT2D eigenvalue weighted by Gasteiger charge is -2.35. The van der Waals surface area contributed by atoms with Crippen LogP contribution in [-0.2, 0) is 30.7 Å². The summed E-state index contributed by atoms with van der Waals surface area (Å²) < 4.78 is 42.7. The van der Waals surface area contributed by atoms with Crippen LogP contribution in [0.2, 0.25) is 38.3 Å². The number of carbonyl (C=O) groups excluding carboxylic acids is 4. The Kier molecular flexibility index (Phi) is 15.7.